The summed E-state index contributed by atoms with van der Waals surface area (Å²) in [5.41, 5.74) is 0.812. The largest absolute Gasteiger partial charge is 0.387 e. The molecular weight excluding hydrogens is 184 g/mol. The summed E-state index contributed by atoms with van der Waals surface area (Å²) in [5.74, 6) is 0.567. The highest BCUT2D eigenvalue weighted by molar-refractivity contribution is 7.09. The summed E-state index contributed by atoms with van der Waals surface area (Å²) in [5, 5.41) is 15.7. The number of aromatic nitrogens is 1. The standard InChI is InChI=1S/C9H14N2OS/c1-6(12)8-5-13-9(11-8)7-2-3-10-4-7/h5-7,10,12H,2-4H2,1H3. The maximum atomic E-state index is 9.31. The van der Waals surface area contributed by atoms with E-state index >= 15 is 0 Å². The van der Waals surface area contributed by atoms with Gasteiger partial charge in [0.25, 0.3) is 0 Å². The molecule has 2 N–H and O–H groups in total. The average molecular weight is 198 g/mol. The summed E-state index contributed by atoms with van der Waals surface area (Å²) in [6, 6.07) is 0. The topological polar surface area (TPSA) is 45.1 Å². The molecule has 13 heavy (non-hydrogen) atoms. The van der Waals surface area contributed by atoms with Gasteiger partial charge in [0.1, 0.15) is 0 Å². The zero-order valence-electron chi connectivity index (χ0n) is 7.66. The fourth-order valence-electron chi connectivity index (χ4n) is 1.55. The molecule has 0 bridgehead atoms. The molecule has 72 valence electrons. The Morgan fingerprint density at radius 3 is 3.15 bits per heavy atom. The second-order valence-corrected chi connectivity index (χ2v) is 4.37. The molecule has 0 spiro atoms. The molecule has 1 aliphatic rings. The minimum Gasteiger partial charge on any atom is -0.387 e. The first-order chi connectivity index (χ1) is 6.27. The van der Waals surface area contributed by atoms with Crippen molar-refractivity contribution in [1.82, 2.24) is 10.3 Å². The van der Waals surface area contributed by atoms with Crippen LogP contribution in [0.3, 0.4) is 0 Å². The fraction of sp³-hybridized carbons (Fsp3) is 0.667. The summed E-state index contributed by atoms with van der Waals surface area (Å²) in [4.78, 5) is 4.42. The van der Waals surface area contributed by atoms with Gasteiger partial charge in [-0.1, -0.05) is 0 Å². The van der Waals surface area contributed by atoms with Gasteiger partial charge in [0.05, 0.1) is 16.8 Å². The zero-order chi connectivity index (χ0) is 9.26. The Labute approximate surface area is 81.8 Å². The van der Waals surface area contributed by atoms with Gasteiger partial charge in [0, 0.05) is 17.8 Å². The fourth-order valence-corrected chi connectivity index (χ4v) is 2.59. The first-order valence-corrected chi connectivity index (χ1v) is 5.49. The molecule has 0 aliphatic carbocycles. The molecule has 2 unspecified atom stereocenters. The molecule has 2 rings (SSSR count). The summed E-state index contributed by atoms with van der Waals surface area (Å²) in [6.45, 7) is 3.88. The van der Waals surface area contributed by atoms with E-state index in [4.69, 9.17) is 0 Å². The van der Waals surface area contributed by atoms with Crippen molar-refractivity contribution in [2.24, 2.45) is 0 Å². The summed E-state index contributed by atoms with van der Waals surface area (Å²) in [7, 11) is 0. The van der Waals surface area contributed by atoms with Crippen LogP contribution in [0.2, 0.25) is 0 Å². The SMILES string of the molecule is CC(O)c1csc(C2CCNC2)n1. The molecule has 1 aromatic rings. The highest BCUT2D eigenvalue weighted by Gasteiger charge is 2.20. The van der Waals surface area contributed by atoms with Crippen LogP contribution >= 0.6 is 11.3 Å². The molecule has 0 saturated carbocycles. The van der Waals surface area contributed by atoms with Crippen LogP contribution in [-0.2, 0) is 0 Å². The normalized spacial score (nSPS) is 24.9. The summed E-state index contributed by atoms with van der Waals surface area (Å²) >= 11 is 1.66. The maximum absolute atomic E-state index is 9.31. The van der Waals surface area contributed by atoms with E-state index in [1.165, 1.54) is 11.4 Å². The number of hydrogen-bond donors (Lipinski definition) is 2. The van der Waals surface area contributed by atoms with Gasteiger partial charge in [-0.3, -0.25) is 0 Å². The van der Waals surface area contributed by atoms with Crippen molar-refractivity contribution in [1.29, 1.82) is 0 Å². The van der Waals surface area contributed by atoms with Crippen LogP contribution in [0.1, 0.15) is 36.1 Å². The first-order valence-electron chi connectivity index (χ1n) is 4.61. The highest BCUT2D eigenvalue weighted by Crippen LogP contribution is 2.27. The Kier molecular flexibility index (Phi) is 2.62. The van der Waals surface area contributed by atoms with E-state index in [9.17, 15) is 5.11 Å². The van der Waals surface area contributed by atoms with E-state index in [1.807, 2.05) is 5.38 Å². The number of aliphatic hydroxyl groups excluding tert-OH is 1. The van der Waals surface area contributed by atoms with E-state index in [1.54, 1.807) is 18.3 Å². The van der Waals surface area contributed by atoms with Gasteiger partial charge in [-0.05, 0) is 19.9 Å². The van der Waals surface area contributed by atoms with Gasteiger partial charge in [0.15, 0.2) is 0 Å². The monoisotopic (exact) mass is 198 g/mol. The molecule has 0 aromatic carbocycles. The van der Waals surface area contributed by atoms with Crippen molar-refractivity contribution < 1.29 is 5.11 Å². The summed E-state index contributed by atoms with van der Waals surface area (Å²) < 4.78 is 0. The Balaban J connectivity index is 2.12. The van der Waals surface area contributed by atoms with Crippen molar-refractivity contribution in [3.63, 3.8) is 0 Å². The van der Waals surface area contributed by atoms with Crippen molar-refractivity contribution >= 4 is 11.3 Å². The highest BCUT2D eigenvalue weighted by atomic mass is 32.1. The van der Waals surface area contributed by atoms with Gasteiger partial charge in [0.2, 0.25) is 0 Å². The zero-order valence-corrected chi connectivity index (χ0v) is 8.47. The van der Waals surface area contributed by atoms with E-state index in [0.29, 0.717) is 5.92 Å². The molecule has 1 saturated heterocycles. The minimum absolute atomic E-state index is 0.431. The second kappa shape index (κ2) is 3.74. The van der Waals surface area contributed by atoms with Crippen LogP contribution in [0.5, 0.6) is 0 Å². The Morgan fingerprint density at radius 2 is 2.62 bits per heavy atom. The van der Waals surface area contributed by atoms with Crippen LogP contribution in [0.4, 0.5) is 0 Å². The Bertz CT molecular complexity index is 279. The third kappa shape index (κ3) is 1.90. The van der Waals surface area contributed by atoms with Gasteiger partial charge >= 0.3 is 0 Å². The molecule has 1 fully saturated rings. The van der Waals surface area contributed by atoms with E-state index in [-0.39, 0.29) is 0 Å². The van der Waals surface area contributed by atoms with E-state index < -0.39 is 6.10 Å². The van der Waals surface area contributed by atoms with Gasteiger partial charge in [-0.2, -0.15) is 0 Å². The summed E-state index contributed by atoms with van der Waals surface area (Å²) in [6.07, 6.45) is 0.742. The van der Waals surface area contributed by atoms with E-state index in [2.05, 4.69) is 10.3 Å². The van der Waals surface area contributed by atoms with Crippen molar-refractivity contribution in [2.45, 2.75) is 25.4 Å². The van der Waals surface area contributed by atoms with Crippen molar-refractivity contribution in [3.05, 3.63) is 16.1 Å². The van der Waals surface area contributed by atoms with Gasteiger partial charge in [-0.25, -0.2) is 4.98 Å². The lowest BCUT2D eigenvalue weighted by Crippen LogP contribution is -2.07. The molecule has 2 heterocycles. The predicted molar refractivity (Wildman–Crippen MR) is 53.0 cm³/mol. The molecule has 1 aromatic heterocycles. The number of nitrogens with zero attached hydrogens (tertiary/aromatic N) is 1. The van der Waals surface area contributed by atoms with Crippen molar-refractivity contribution in [3.8, 4) is 0 Å². The molecule has 2 atom stereocenters. The van der Waals surface area contributed by atoms with Crippen molar-refractivity contribution in [2.75, 3.05) is 13.1 Å². The van der Waals surface area contributed by atoms with Gasteiger partial charge < -0.3 is 10.4 Å². The molecule has 4 heteroatoms. The number of rotatable bonds is 2. The second-order valence-electron chi connectivity index (χ2n) is 3.48. The number of aliphatic hydroxyl groups is 1. The molecule has 0 radical (unpaired) electrons. The average Bonchev–Trinajstić information content (AvgIpc) is 2.75. The van der Waals surface area contributed by atoms with Crippen LogP contribution in [-0.4, -0.2) is 23.2 Å². The Morgan fingerprint density at radius 1 is 1.77 bits per heavy atom. The smallest absolute Gasteiger partial charge is 0.0973 e. The third-order valence-corrected chi connectivity index (χ3v) is 3.40. The quantitative estimate of drug-likeness (QED) is 0.752. The molecule has 1 aliphatic heterocycles. The molecule has 0 amide bonds. The van der Waals surface area contributed by atoms with Crippen LogP contribution in [0.25, 0.3) is 0 Å². The van der Waals surface area contributed by atoms with Crippen LogP contribution < -0.4 is 5.32 Å². The number of thiazole rings is 1. The lowest BCUT2D eigenvalue weighted by atomic mass is 10.1. The molecular formula is C9H14N2OS. The third-order valence-electron chi connectivity index (χ3n) is 2.38. The van der Waals surface area contributed by atoms with Crippen LogP contribution in [0, 0.1) is 0 Å². The lowest BCUT2D eigenvalue weighted by molar-refractivity contribution is 0.195. The predicted octanol–water partition coefficient (Wildman–Crippen LogP) is 1.27. The number of nitrogens with one attached hydrogen (secondary N) is 1. The molecule has 3 nitrogen and oxygen atoms in total. The van der Waals surface area contributed by atoms with E-state index in [0.717, 1.165) is 18.8 Å². The minimum atomic E-state index is -0.431. The first kappa shape index (κ1) is 9.12. The Hall–Kier alpha value is -0.450. The maximum Gasteiger partial charge on any atom is 0.0973 e. The number of hydrogen-bond acceptors (Lipinski definition) is 4. The lowest BCUT2D eigenvalue weighted by Gasteiger charge is -2.02. The van der Waals surface area contributed by atoms with Crippen LogP contribution in [0.15, 0.2) is 5.38 Å². The van der Waals surface area contributed by atoms with Gasteiger partial charge in [-0.15, -0.1) is 11.3 Å².